The molecule has 1 aromatic carbocycles. The van der Waals surface area contributed by atoms with E-state index in [9.17, 15) is 4.79 Å². The van der Waals surface area contributed by atoms with Gasteiger partial charge in [-0.3, -0.25) is 14.4 Å². The number of β-amino-alcohol motifs (C(OH)–C–C–N with tert-alkyl or cyclic N) is 1. The zero-order chi connectivity index (χ0) is 16.2. The van der Waals surface area contributed by atoms with E-state index >= 15 is 0 Å². The Morgan fingerprint density at radius 1 is 1.17 bits per heavy atom. The van der Waals surface area contributed by atoms with Crippen molar-refractivity contribution in [2.24, 2.45) is 7.05 Å². The van der Waals surface area contributed by atoms with E-state index in [0.717, 1.165) is 24.3 Å². The first-order chi connectivity index (χ1) is 11.2. The monoisotopic (exact) mass is 314 g/mol. The third kappa shape index (κ3) is 3.43. The molecule has 0 bridgehead atoms. The first-order valence-corrected chi connectivity index (χ1v) is 7.90. The SMILES string of the molecule is Cn1cc(C(=O)N2CCN(CCO)CC2)c(-c2ccccc2)n1. The minimum absolute atomic E-state index is 0.0283. The summed E-state index contributed by atoms with van der Waals surface area (Å²) >= 11 is 0. The van der Waals surface area contributed by atoms with Gasteiger partial charge in [0.2, 0.25) is 0 Å². The van der Waals surface area contributed by atoms with Gasteiger partial charge in [-0.1, -0.05) is 30.3 Å². The molecule has 1 amide bonds. The third-order valence-corrected chi connectivity index (χ3v) is 4.18. The summed E-state index contributed by atoms with van der Waals surface area (Å²) in [6, 6.07) is 9.79. The number of aryl methyl sites for hydroxylation is 1. The lowest BCUT2D eigenvalue weighted by molar-refractivity contribution is 0.0615. The highest BCUT2D eigenvalue weighted by molar-refractivity contribution is 5.99. The van der Waals surface area contributed by atoms with Crippen molar-refractivity contribution in [2.45, 2.75) is 0 Å². The Morgan fingerprint density at radius 2 is 1.87 bits per heavy atom. The number of piperazine rings is 1. The van der Waals surface area contributed by atoms with Gasteiger partial charge < -0.3 is 10.0 Å². The maximum Gasteiger partial charge on any atom is 0.257 e. The number of nitrogens with zero attached hydrogens (tertiary/aromatic N) is 4. The summed E-state index contributed by atoms with van der Waals surface area (Å²) in [4.78, 5) is 16.9. The first kappa shape index (κ1) is 15.7. The highest BCUT2D eigenvalue weighted by atomic mass is 16.3. The number of aliphatic hydroxyl groups is 1. The molecular weight excluding hydrogens is 292 g/mol. The molecule has 0 radical (unpaired) electrons. The van der Waals surface area contributed by atoms with E-state index in [1.165, 1.54) is 0 Å². The molecule has 1 aliphatic rings. The van der Waals surface area contributed by atoms with E-state index in [-0.39, 0.29) is 12.5 Å². The molecule has 0 aliphatic carbocycles. The van der Waals surface area contributed by atoms with Crippen LogP contribution >= 0.6 is 0 Å². The van der Waals surface area contributed by atoms with Gasteiger partial charge in [-0.15, -0.1) is 0 Å². The van der Waals surface area contributed by atoms with Crippen molar-refractivity contribution in [3.8, 4) is 11.3 Å². The number of carbonyl (C=O) groups is 1. The Kier molecular flexibility index (Phi) is 4.73. The number of carbonyl (C=O) groups excluding carboxylic acids is 1. The second-order valence-electron chi connectivity index (χ2n) is 5.79. The normalized spacial score (nSPS) is 15.8. The number of aromatic nitrogens is 2. The van der Waals surface area contributed by atoms with E-state index in [1.54, 1.807) is 10.9 Å². The number of aliphatic hydroxyl groups excluding tert-OH is 1. The maximum atomic E-state index is 12.9. The Labute approximate surface area is 135 Å². The summed E-state index contributed by atoms with van der Waals surface area (Å²) in [7, 11) is 1.84. The zero-order valence-electron chi connectivity index (χ0n) is 13.4. The largest absolute Gasteiger partial charge is 0.395 e. The van der Waals surface area contributed by atoms with Crippen molar-refractivity contribution in [2.75, 3.05) is 39.3 Å². The molecule has 2 heterocycles. The molecule has 23 heavy (non-hydrogen) atoms. The quantitative estimate of drug-likeness (QED) is 0.908. The fourth-order valence-electron chi connectivity index (χ4n) is 2.94. The smallest absolute Gasteiger partial charge is 0.257 e. The first-order valence-electron chi connectivity index (χ1n) is 7.90. The molecule has 0 unspecified atom stereocenters. The second-order valence-corrected chi connectivity index (χ2v) is 5.79. The van der Waals surface area contributed by atoms with Gasteiger partial charge in [-0.25, -0.2) is 0 Å². The van der Waals surface area contributed by atoms with Gasteiger partial charge in [0.1, 0.15) is 5.69 Å². The lowest BCUT2D eigenvalue weighted by atomic mass is 10.1. The fourth-order valence-corrected chi connectivity index (χ4v) is 2.94. The van der Waals surface area contributed by atoms with E-state index in [4.69, 9.17) is 5.11 Å². The number of hydrogen-bond donors (Lipinski definition) is 1. The van der Waals surface area contributed by atoms with Crippen LogP contribution in [0.3, 0.4) is 0 Å². The number of hydrogen-bond acceptors (Lipinski definition) is 4. The van der Waals surface area contributed by atoms with Crippen molar-refractivity contribution in [1.82, 2.24) is 19.6 Å². The number of rotatable bonds is 4. The van der Waals surface area contributed by atoms with E-state index in [2.05, 4.69) is 10.00 Å². The highest BCUT2D eigenvalue weighted by Gasteiger charge is 2.25. The molecule has 3 rings (SSSR count). The summed E-state index contributed by atoms with van der Waals surface area (Å²) in [6.07, 6.45) is 1.80. The van der Waals surface area contributed by atoms with Crippen LogP contribution in [0.2, 0.25) is 0 Å². The molecule has 1 aromatic heterocycles. The molecule has 1 fully saturated rings. The van der Waals surface area contributed by atoms with Gasteiger partial charge in [0.15, 0.2) is 0 Å². The standard InChI is InChI=1S/C17H22N4O2/c1-19-13-15(16(18-19)14-5-3-2-4-6-14)17(23)21-9-7-20(8-10-21)11-12-22/h2-6,13,22H,7-12H2,1H3. The Balaban J connectivity index is 1.79. The van der Waals surface area contributed by atoms with E-state index in [1.807, 2.05) is 42.3 Å². The Hall–Kier alpha value is -2.18. The zero-order valence-corrected chi connectivity index (χ0v) is 13.4. The molecule has 2 aromatic rings. The minimum Gasteiger partial charge on any atom is -0.395 e. The topological polar surface area (TPSA) is 61.6 Å². The van der Waals surface area contributed by atoms with Gasteiger partial charge in [0, 0.05) is 51.5 Å². The number of amides is 1. The molecule has 1 aliphatic heterocycles. The van der Waals surface area contributed by atoms with Gasteiger partial charge in [-0.05, 0) is 0 Å². The second kappa shape index (κ2) is 6.93. The van der Waals surface area contributed by atoms with Crippen LogP contribution in [-0.2, 0) is 7.05 Å². The predicted octanol–water partition coefficient (Wildman–Crippen LogP) is 0.837. The van der Waals surface area contributed by atoms with Crippen LogP contribution in [0.5, 0.6) is 0 Å². The van der Waals surface area contributed by atoms with Gasteiger partial charge in [0.05, 0.1) is 12.2 Å². The van der Waals surface area contributed by atoms with Gasteiger partial charge in [-0.2, -0.15) is 5.10 Å². The molecule has 6 heteroatoms. The molecule has 1 saturated heterocycles. The lowest BCUT2D eigenvalue weighted by Gasteiger charge is -2.34. The molecule has 1 N–H and O–H groups in total. The van der Waals surface area contributed by atoms with E-state index < -0.39 is 0 Å². The fraction of sp³-hybridized carbons (Fsp3) is 0.412. The Bertz CT molecular complexity index is 660. The van der Waals surface area contributed by atoms with Crippen LogP contribution in [0, 0.1) is 0 Å². The van der Waals surface area contributed by atoms with Crippen molar-refractivity contribution >= 4 is 5.91 Å². The van der Waals surface area contributed by atoms with Gasteiger partial charge in [0.25, 0.3) is 5.91 Å². The molecule has 0 atom stereocenters. The Morgan fingerprint density at radius 3 is 2.52 bits per heavy atom. The molecule has 122 valence electrons. The summed E-state index contributed by atoms with van der Waals surface area (Å²) < 4.78 is 1.69. The van der Waals surface area contributed by atoms with E-state index in [0.29, 0.717) is 25.2 Å². The highest BCUT2D eigenvalue weighted by Crippen LogP contribution is 2.23. The summed E-state index contributed by atoms with van der Waals surface area (Å²) in [5.74, 6) is 0.0283. The average Bonchev–Trinajstić information content (AvgIpc) is 2.98. The van der Waals surface area contributed by atoms with Crippen molar-refractivity contribution in [1.29, 1.82) is 0 Å². The molecule has 0 saturated carbocycles. The van der Waals surface area contributed by atoms with Crippen LogP contribution in [0.1, 0.15) is 10.4 Å². The molecular formula is C17H22N4O2. The maximum absolute atomic E-state index is 12.9. The minimum atomic E-state index is 0.0283. The average molecular weight is 314 g/mol. The van der Waals surface area contributed by atoms with Crippen LogP contribution in [0.15, 0.2) is 36.5 Å². The van der Waals surface area contributed by atoms with Crippen LogP contribution in [0.25, 0.3) is 11.3 Å². The summed E-state index contributed by atoms with van der Waals surface area (Å²) in [5.41, 5.74) is 2.33. The van der Waals surface area contributed by atoms with Crippen LogP contribution in [0.4, 0.5) is 0 Å². The lowest BCUT2D eigenvalue weighted by Crippen LogP contribution is -2.49. The third-order valence-electron chi connectivity index (χ3n) is 4.18. The molecule has 0 spiro atoms. The van der Waals surface area contributed by atoms with Crippen LogP contribution < -0.4 is 0 Å². The summed E-state index contributed by atoms with van der Waals surface area (Å²) in [6.45, 7) is 3.79. The molecule has 6 nitrogen and oxygen atoms in total. The summed E-state index contributed by atoms with van der Waals surface area (Å²) in [5, 5.41) is 13.5. The predicted molar refractivity (Wildman–Crippen MR) is 88.1 cm³/mol. The van der Waals surface area contributed by atoms with Crippen molar-refractivity contribution in [3.05, 3.63) is 42.1 Å². The van der Waals surface area contributed by atoms with Crippen molar-refractivity contribution < 1.29 is 9.90 Å². The van der Waals surface area contributed by atoms with Crippen LogP contribution in [-0.4, -0.2) is 69.9 Å². The van der Waals surface area contributed by atoms with Gasteiger partial charge >= 0.3 is 0 Å². The number of benzene rings is 1. The van der Waals surface area contributed by atoms with Crippen molar-refractivity contribution in [3.63, 3.8) is 0 Å².